The first-order valence-electron chi connectivity index (χ1n) is 10.3. The maximum absolute atomic E-state index is 12.7. The highest BCUT2D eigenvalue weighted by Crippen LogP contribution is 2.37. The number of hydrogen-bond donors (Lipinski definition) is 2. The number of aromatic nitrogens is 1. The van der Waals surface area contributed by atoms with Crippen LogP contribution in [0.3, 0.4) is 0 Å². The molecule has 0 radical (unpaired) electrons. The van der Waals surface area contributed by atoms with Crippen molar-refractivity contribution in [3.63, 3.8) is 0 Å². The molecule has 1 aliphatic carbocycles. The molecule has 2 fully saturated rings. The van der Waals surface area contributed by atoms with Crippen molar-refractivity contribution in [1.29, 1.82) is 0 Å². The van der Waals surface area contributed by atoms with Crippen molar-refractivity contribution in [2.45, 2.75) is 51.9 Å². The lowest BCUT2D eigenvalue weighted by molar-refractivity contribution is -0.137. The van der Waals surface area contributed by atoms with Crippen LogP contribution in [-0.4, -0.2) is 46.4 Å². The van der Waals surface area contributed by atoms with E-state index in [4.69, 9.17) is 5.11 Å². The molecule has 1 aromatic rings. The lowest BCUT2D eigenvalue weighted by atomic mass is 9.75. The van der Waals surface area contributed by atoms with Gasteiger partial charge in [-0.25, -0.2) is 9.78 Å². The fraction of sp³-hybridized carbons (Fsp3) is 0.545. The second-order valence-electron chi connectivity index (χ2n) is 8.50. The zero-order valence-corrected chi connectivity index (χ0v) is 16.9. The van der Waals surface area contributed by atoms with Gasteiger partial charge in [0.1, 0.15) is 5.82 Å². The Labute approximate surface area is 171 Å². The number of carbonyl (C=O) groups is 3. The molecule has 0 atom stereocenters. The second-order valence-corrected chi connectivity index (χ2v) is 8.50. The normalized spacial score (nSPS) is 19.4. The third-order valence-electron chi connectivity index (χ3n) is 6.21. The SMILES string of the molecule is CC1(Cc2cc(/C=C/C(=O)O)cnc2NC=O)CCN(C(=O)C2CCCC2)CC1. The van der Waals surface area contributed by atoms with Crippen molar-refractivity contribution >= 4 is 30.2 Å². The number of pyridine rings is 1. The Morgan fingerprint density at radius 2 is 2.00 bits per heavy atom. The van der Waals surface area contributed by atoms with Crippen LogP contribution in [0.5, 0.6) is 0 Å². The van der Waals surface area contributed by atoms with Crippen LogP contribution in [0.1, 0.15) is 56.6 Å². The Hall–Kier alpha value is -2.70. The summed E-state index contributed by atoms with van der Waals surface area (Å²) in [6.45, 7) is 3.72. The zero-order chi connectivity index (χ0) is 20.9. The van der Waals surface area contributed by atoms with Gasteiger partial charge in [-0.05, 0) is 60.8 Å². The maximum atomic E-state index is 12.7. The zero-order valence-electron chi connectivity index (χ0n) is 16.9. The van der Waals surface area contributed by atoms with Gasteiger partial charge >= 0.3 is 5.97 Å². The van der Waals surface area contributed by atoms with Gasteiger partial charge in [0.2, 0.25) is 12.3 Å². The van der Waals surface area contributed by atoms with E-state index in [9.17, 15) is 14.4 Å². The Kier molecular flexibility index (Phi) is 6.67. The van der Waals surface area contributed by atoms with Crippen molar-refractivity contribution < 1.29 is 19.5 Å². The summed E-state index contributed by atoms with van der Waals surface area (Å²) in [6, 6.07) is 1.87. The molecule has 3 rings (SSSR count). The first kappa shape index (κ1) is 21.0. The van der Waals surface area contributed by atoms with Crippen molar-refractivity contribution in [2.24, 2.45) is 11.3 Å². The highest BCUT2D eigenvalue weighted by Gasteiger charge is 2.35. The van der Waals surface area contributed by atoms with Crippen LogP contribution >= 0.6 is 0 Å². The summed E-state index contributed by atoms with van der Waals surface area (Å²) >= 11 is 0. The van der Waals surface area contributed by atoms with Gasteiger partial charge in [0.25, 0.3) is 0 Å². The molecule has 29 heavy (non-hydrogen) atoms. The minimum Gasteiger partial charge on any atom is -0.478 e. The molecular formula is C22H29N3O4. The Bertz CT molecular complexity index is 791. The summed E-state index contributed by atoms with van der Waals surface area (Å²) in [7, 11) is 0. The summed E-state index contributed by atoms with van der Waals surface area (Å²) in [5.41, 5.74) is 1.54. The quantitative estimate of drug-likeness (QED) is 0.542. The number of carboxylic acid groups (broad SMARTS) is 1. The van der Waals surface area contributed by atoms with Crippen LogP contribution in [-0.2, 0) is 20.8 Å². The van der Waals surface area contributed by atoms with Gasteiger partial charge in [-0.2, -0.15) is 0 Å². The lowest BCUT2D eigenvalue weighted by Crippen LogP contribution is -2.44. The number of nitrogens with one attached hydrogen (secondary N) is 1. The molecule has 2 aliphatic rings. The molecule has 1 aromatic heterocycles. The number of anilines is 1. The second kappa shape index (κ2) is 9.20. The van der Waals surface area contributed by atoms with Gasteiger partial charge in [0, 0.05) is 31.3 Å². The molecule has 1 saturated heterocycles. The molecular weight excluding hydrogens is 370 g/mol. The van der Waals surface area contributed by atoms with E-state index >= 15 is 0 Å². The predicted octanol–water partition coefficient (Wildman–Crippen LogP) is 3.11. The summed E-state index contributed by atoms with van der Waals surface area (Å²) in [5, 5.41) is 11.5. The Morgan fingerprint density at radius 3 is 2.62 bits per heavy atom. The summed E-state index contributed by atoms with van der Waals surface area (Å²) < 4.78 is 0. The van der Waals surface area contributed by atoms with E-state index in [0.29, 0.717) is 30.1 Å². The van der Waals surface area contributed by atoms with Gasteiger partial charge in [0.05, 0.1) is 0 Å². The molecule has 1 aliphatic heterocycles. The summed E-state index contributed by atoms with van der Waals surface area (Å²) in [6.07, 6.45) is 11.6. The number of likely N-dealkylation sites (tertiary alicyclic amines) is 1. The Balaban J connectivity index is 1.69. The molecule has 2 heterocycles. The van der Waals surface area contributed by atoms with Crippen molar-refractivity contribution in [3.8, 4) is 0 Å². The number of carbonyl (C=O) groups excluding carboxylic acids is 2. The highest BCUT2D eigenvalue weighted by atomic mass is 16.4. The first-order chi connectivity index (χ1) is 13.9. The fourth-order valence-electron chi connectivity index (χ4n) is 4.44. The van der Waals surface area contributed by atoms with E-state index in [1.54, 1.807) is 6.20 Å². The first-order valence-corrected chi connectivity index (χ1v) is 10.3. The van der Waals surface area contributed by atoms with Crippen LogP contribution in [0, 0.1) is 11.3 Å². The van der Waals surface area contributed by atoms with Crippen LogP contribution < -0.4 is 5.32 Å². The number of piperidine rings is 1. The molecule has 0 spiro atoms. The minimum absolute atomic E-state index is 0.0113. The Morgan fingerprint density at radius 1 is 1.31 bits per heavy atom. The molecule has 2 amide bonds. The monoisotopic (exact) mass is 399 g/mol. The van der Waals surface area contributed by atoms with Crippen molar-refractivity contribution in [3.05, 3.63) is 29.5 Å². The molecule has 2 N–H and O–H groups in total. The van der Waals surface area contributed by atoms with E-state index in [-0.39, 0.29) is 11.3 Å². The highest BCUT2D eigenvalue weighted by molar-refractivity contribution is 5.85. The van der Waals surface area contributed by atoms with E-state index in [1.807, 2.05) is 11.0 Å². The lowest BCUT2D eigenvalue weighted by Gasteiger charge is -2.40. The number of rotatable bonds is 7. The average Bonchev–Trinajstić information content (AvgIpc) is 3.23. The van der Waals surface area contributed by atoms with Crippen LogP contribution in [0.15, 0.2) is 18.3 Å². The largest absolute Gasteiger partial charge is 0.478 e. The standard InChI is InChI=1S/C22H29N3O4/c1-22(8-10-25(11-9-22)21(29)17-4-2-3-5-17)13-18-12-16(6-7-19(27)28)14-23-20(18)24-15-26/h6-7,12,14-15,17H,2-5,8-11,13H2,1H3,(H,27,28)(H,23,24,26)/b7-6+. The number of hydrogen-bond acceptors (Lipinski definition) is 4. The maximum Gasteiger partial charge on any atom is 0.328 e. The number of amides is 2. The van der Waals surface area contributed by atoms with E-state index in [1.165, 1.54) is 6.08 Å². The van der Waals surface area contributed by atoms with Crippen LogP contribution in [0.2, 0.25) is 0 Å². The number of aliphatic carboxylic acids is 1. The van der Waals surface area contributed by atoms with Gasteiger partial charge in [-0.15, -0.1) is 0 Å². The summed E-state index contributed by atoms with van der Waals surface area (Å²) in [5.74, 6) is 0.00561. The minimum atomic E-state index is -1.02. The molecule has 7 heteroatoms. The number of carboxylic acids is 1. The molecule has 0 bridgehead atoms. The third-order valence-corrected chi connectivity index (χ3v) is 6.21. The molecule has 7 nitrogen and oxygen atoms in total. The van der Waals surface area contributed by atoms with Crippen molar-refractivity contribution in [2.75, 3.05) is 18.4 Å². The molecule has 0 aromatic carbocycles. The summed E-state index contributed by atoms with van der Waals surface area (Å²) in [4.78, 5) is 40.7. The van der Waals surface area contributed by atoms with E-state index in [2.05, 4.69) is 17.2 Å². The van der Waals surface area contributed by atoms with Crippen molar-refractivity contribution in [1.82, 2.24) is 9.88 Å². The van der Waals surface area contributed by atoms with Crippen LogP contribution in [0.25, 0.3) is 6.08 Å². The molecule has 1 saturated carbocycles. The van der Waals surface area contributed by atoms with E-state index in [0.717, 1.165) is 63.3 Å². The van der Waals surface area contributed by atoms with Gasteiger partial charge < -0.3 is 15.3 Å². The van der Waals surface area contributed by atoms with Gasteiger partial charge in [-0.3, -0.25) is 9.59 Å². The van der Waals surface area contributed by atoms with Crippen LogP contribution in [0.4, 0.5) is 5.82 Å². The predicted molar refractivity (Wildman–Crippen MR) is 110 cm³/mol. The average molecular weight is 399 g/mol. The van der Waals surface area contributed by atoms with E-state index < -0.39 is 5.97 Å². The third kappa shape index (κ3) is 5.43. The van der Waals surface area contributed by atoms with Gasteiger partial charge in [-0.1, -0.05) is 19.8 Å². The number of nitrogens with zero attached hydrogens (tertiary/aromatic N) is 2. The molecule has 0 unspecified atom stereocenters. The topological polar surface area (TPSA) is 99.6 Å². The fourth-order valence-corrected chi connectivity index (χ4v) is 4.44. The molecule has 156 valence electrons. The smallest absolute Gasteiger partial charge is 0.328 e. The van der Waals surface area contributed by atoms with Gasteiger partial charge in [0.15, 0.2) is 0 Å².